The zero-order valence-corrected chi connectivity index (χ0v) is 18.1. The van der Waals surface area contributed by atoms with Gasteiger partial charge in [-0.15, -0.1) is 0 Å². The number of nitrogens with one attached hydrogen (secondary N) is 1. The maximum absolute atomic E-state index is 10.9. The van der Waals surface area contributed by atoms with E-state index in [-0.39, 0.29) is 5.97 Å². The van der Waals surface area contributed by atoms with Crippen molar-refractivity contribution < 1.29 is 9.53 Å². The van der Waals surface area contributed by atoms with Crippen molar-refractivity contribution >= 4 is 11.7 Å². The van der Waals surface area contributed by atoms with Crippen LogP contribution in [0.15, 0.2) is 61.2 Å². The van der Waals surface area contributed by atoms with Crippen molar-refractivity contribution in [2.75, 3.05) is 18.5 Å². The number of aryl methyl sites for hydroxylation is 1. The van der Waals surface area contributed by atoms with Gasteiger partial charge in [-0.2, -0.15) is 0 Å². The molecule has 0 aliphatic rings. The summed E-state index contributed by atoms with van der Waals surface area (Å²) in [4.78, 5) is 10.9. The Balaban J connectivity index is 1.72. The third kappa shape index (κ3) is 9.47. The van der Waals surface area contributed by atoms with E-state index in [2.05, 4.69) is 54.9 Å². The maximum atomic E-state index is 10.9. The second-order valence-electron chi connectivity index (χ2n) is 7.34. The zero-order chi connectivity index (χ0) is 21.4. The summed E-state index contributed by atoms with van der Waals surface area (Å²) in [6, 6.07) is 16.8. The molecule has 0 aliphatic heterocycles. The summed E-state index contributed by atoms with van der Waals surface area (Å²) in [6.45, 7) is 6.88. The molecule has 0 unspecified atom stereocenters. The summed E-state index contributed by atoms with van der Waals surface area (Å²) < 4.78 is 4.96. The standard InChI is InChI=1S/C27H33NO2/c1-3-5-6-7-10-23-11-13-24(14-12-23)15-16-25-17-19-26(20-18-25)28-21-8-9-22-30-27(29)4-2/h4,11-14,17-20,28H,2-3,5-10,21-22H2,1H3. The van der Waals surface area contributed by atoms with E-state index in [9.17, 15) is 4.79 Å². The molecular formula is C27H33NO2. The van der Waals surface area contributed by atoms with E-state index in [4.69, 9.17) is 4.74 Å². The van der Waals surface area contributed by atoms with Gasteiger partial charge in [-0.1, -0.05) is 56.7 Å². The maximum Gasteiger partial charge on any atom is 0.330 e. The number of ether oxygens (including phenoxy) is 1. The highest BCUT2D eigenvalue weighted by molar-refractivity contribution is 5.81. The molecule has 0 atom stereocenters. The first-order valence-corrected chi connectivity index (χ1v) is 11.0. The van der Waals surface area contributed by atoms with Gasteiger partial charge >= 0.3 is 5.97 Å². The molecule has 2 rings (SSSR count). The highest BCUT2D eigenvalue weighted by Gasteiger charge is 1.97. The van der Waals surface area contributed by atoms with E-state index < -0.39 is 0 Å². The van der Waals surface area contributed by atoms with Crippen LogP contribution in [0.2, 0.25) is 0 Å². The van der Waals surface area contributed by atoms with Crippen molar-refractivity contribution in [2.24, 2.45) is 0 Å². The molecule has 30 heavy (non-hydrogen) atoms. The Morgan fingerprint density at radius 2 is 1.60 bits per heavy atom. The number of carbonyl (C=O) groups is 1. The fourth-order valence-electron chi connectivity index (χ4n) is 3.02. The van der Waals surface area contributed by atoms with E-state index in [1.54, 1.807) is 0 Å². The quantitative estimate of drug-likeness (QED) is 0.200. The van der Waals surface area contributed by atoms with Crippen LogP contribution in [0, 0.1) is 11.8 Å². The van der Waals surface area contributed by atoms with Gasteiger partial charge in [-0.05, 0) is 67.6 Å². The Kier molecular flexibility index (Phi) is 10.9. The molecule has 0 radical (unpaired) electrons. The molecule has 3 heteroatoms. The average molecular weight is 404 g/mol. The number of rotatable bonds is 12. The normalized spacial score (nSPS) is 10.0. The Hall–Kier alpha value is -2.99. The van der Waals surface area contributed by atoms with Gasteiger partial charge in [0.25, 0.3) is 0 Å². The molecule has 1 N–H and O–H groups in total. The molecule has 2 aromatic rings. The average Bonchev–Trinajstić information content (AvgIpc) is 2.79. The minimum absolute atomic E-state index is 0.363. The van der Waals surface area contributed by atoms with E-state index in [1.807, 2.05) is 24.3 Å². The summed E-state index contributed by atoms with van der Waals surface area (Å²) >= 11 is 0. The fraction of sp³-hybridized carbons (Fsp3) is 0.370. The summed E-state index contributed by atoms with van der Waals surface area (Å²) in [7, 11) is 0. The summed E-state index contributed by atoms with van der Waals surface area (Å²) in [5.74, 6) is 6.12. The topological polar surface area (TPSA) is 38.3 Å². The molecule has 0 fully saturated rings. The number of carbonyl (C=O) groups excluding carboxylic acids is 1. The molecule has 2 aromatic carbocycles. The number of hydrogen-bond donors (Lipinski definition) is 1. The molecule has 0 amide bonds. The third-order valence-corrected chi connectivity index (χ3v) is 4.82. The Morgan fingerprint density at radius 1 is 0.933 bits per heavy atom. The summed E-state index contributed by atoms with van der Waals surface area (Å²) in [5, 5.41) is 3.37. The first-order valence-electron chi connectivity index (χ1n) is 11.0. The van der Waals surface area contributed by atoms with Crippen molar-refractivity contribution in [2.45, 2.75) is 51.9 Å². The smallest absolute Gasteiger partial charge is 0.330 e. The molecule has 158 valence electrons. The lowest BCUT2D eigenvalue weighted by molar-refractivity contribution is -0.137. The van der Waals surface area contributed by atoms with Crippen LogP contribution in [0.4, 0.5) is 5.69 Å². The van der Waals surface area contributed by atoms with E-state index in [1.165, 1.54) is 37.3 Å². The van der Waals surface area contributed by atoms with Crippen molar-refractivity contribution in [3.8, 4) is 11.8 Å². The SMILES string of the molecule is C=CC(=O)OCCCCNc1ccc(C#Cc2ccc(CCCCCC)cc2)cc1. The number of unbranched alkanes of at least 4 members (excludes halogenated alkanes) is 4. The van der Waals surface area contributed by atoms with Gasteiger partial charge < -0.3 is 10.1 Å². The van der Waals surface area contributed by atoms with Crippen LogP contribution >= 0.6 is 0 Å². The number of benzene rings is 2. The van der Waals surface area contributed by atoms with Crippen LogP contribution < -0.4 is 5.32 Å². The van der Waals surface area contributed by atoms with Gasteiger partial charge in [0.1, 0.15) is 0 Å². The van der Waals surface area contributed by atoms with Crippen molar-refractivity contribution in [1.82, 2.24) is 0 Å². The lowest BCUT2D eigenvalue weighted by Crippen LogP contribution is -2.05. The van der Waals surface area contributed by atoms with Crippen molar-refractivity contribution in [3.63, 3.8) is 0 Å². The predicted octanol–water partition coefficient (Wildman–Crippen LogP) is 6.13. The Morgan fingerprint density at radius 3 is 2.23 bits per heavy atom. The first kappa shape index (κ1) is 23.3. The minimum atomic E-state index is -0.363. The molecule has 0 bridgehead atoms. The summed E-state index contributed by atoms with van der Waals surface area (Å²) in [6.07, 6.45) is 9.28. The van der Waals surface area contributed by atoms with Gasteiger partial charge in [0.2, 0.25) is 0 Å². The van der Waals surface area contributed by atoms with Gasteiger partial charge in [0.05, 0.1) is 6.61 Å². The van der Waals surface area contributed by atoms with Crippen LogP contribution in [-0.4, -0.2) is 19.1 Å². The van der Waals surface area contributed by atoms with E-state index in [0.717, 1.165) is 42.6 Å². The fourth-order valence-corrected chi connectivity index (χ4v) is 3.02. The zero-order valence-electron chi connectivity index (χ0n) is 18.1. The highest BCUT2D eigenvalue weighted by atomic mass is 16.5. The van der Waals surface area contributed by atoms with Crippen LogP contribution in [0.3, 0.4) is 0 Å². The van der Waals surface area contributed by atoms with Crippen molar-refractivity contribution in [1.29, 1.82) is 0 Å². The predicted molar refractivity (Wildman–Crippen MR) is 126 cm³/mol. The lowest BCUT2D eigenvalue weighted by atomic mass is 10.0. The second-order valence-corrected chi connectivity index (χ2v) is 7.34. The molecule has 0 aliphatic carbocycles. The van der Waals surface area contributed by atoms with Gasteiger partial charge in [-0.3, -0.25) is 0 Å². The largest absolute Gasteiger partial charge is 0.463 e. The molecular weight excluding hydrogens is 370 g/mol. The van der Waals surface area contributed by atoms with Crippen molar-refractivity contribution in [3.05, 3.63) is 77.9 Å². The lowest BCUT2D eigenvalue weighted by Gasteiger charge is -2.06. The van der Waals surface area contributed by atoms with Gasteiger partial charge in [0.15, 0.2) is 0 Å². The second kappa shape index (κ2) is 14.1. The summed E-state index contributed by atoms with van der Waals surface area (Å²) in [5.41, 5.74) is 4.51. The molecule has 0 spiro atoms. The minimum Gasteiger partial charge on any atom is -0.463 e. The first-order chi connectivity index (χ1) is 14.7. The van der Waals surface area contributed by atoms with Crippen LogP contribution in [0.5, 0.6) is 0 Å². The van der Waals surface area contributed by atoms with E-state index >= 15 is 0 Å². The Bertz CT molecular complexity index is 826. The Labute approximate surface area is 181 Å². The molecule has 3 nitrogen and oxygen atoms in total. The number of esters is 1. The molecule has 0 heterocycles. The molecule has 0 aromatic heterocycles. The van der Waals surface area contributed by atoms with Crippen LogP contribution in [-0.2, 0) is 16.0 Å². The number of anilines is 1. The monoisotopic (exact) mass is 403 g/mol. The van der Waals surface area contributed by atoms with Gasteiger partial charge in [-0.25, -0.2) is 4.79 Å². The van der Waals surface area contributed by atoms with E-state index in [0.29, 0.717) is 6.61 Å². The van der Waals surface area contributed by atoms with Crippen LogP contribution in [0.1, 0.15) is 62.1 Å². The molecule has 0 saturated heterocycles. The molecule has 0 saturated carbocycles. The van der Waals surface area contributed by atoms with Gasteiger partial charge in [0, 0.05) is 29.4 Å². The van der Waals surface area contributed by atoms with Crippen LogP contribution in [0.25, 0.3) is 0 Å². The third-order valence-electron chi connectivity index (χ3n) is 4.82. The highest BCUT2D eigenvalue weighted by Crippen LogP contribution is 2.11. The number of hydrogen-bond acceptors (Lipinski definition) is 3.